The Morgan fingerprint density at radius 3 is 2.45 bits per heavy atom. The summed E-state index contributed by atoms with van der Waals surface area (Å²) < 4.78 is 49.0. The number of ether oxygens (including phenoxy) is 3. The van der Waals surface area contributed by atoms with E-state index in [2.05, 4.69) is 14.9 Å². The number of likely N-dealkylation sites (tertiary alicyclic amines) is 1. The summed E-state index contributed by atoms with van der Waals surface area (Å²) in [6.07, 6.45) is 4.04. The standard InChI is InChI=1S/C18H27N3O3.C2HF3O2/c1-6-19-17(20-7-1)23-10-2-15-3-11-24-18(12-15)13-21(14-18)16-4-8-22-9-5-16;3-2(4,5)1(6)7/h1,6-7,15-16H,2-5,8-14H2;(H,6,7). The number of aromatic nitrogens is 2. The molecule has 3 aliphatic heterocycles. The maximum Gasteiger partial charge on any atom is 0.490 e. The molecule has 0 radical (unpaired) electrons. The van der Waals surface area contributed by atoms with E-state index in [1.807, 2.05) is 0 Å². The zero-order valence-corrected chi connectivity index (χ0v) is 17.2. The molecule has 3 saturated heterocycles. The monoisotopic (exact) mass is 447 g/mol. The molecule has 1 aromatic heterocycles. The van der Waals surface area contributed by atoms with Gasteiger partial charge in [-0.1, -0.05) is 0 Å². The molecule has 31 heavy (non-hydrogen) atoms. The molecule has 11 heteroatoms. The van der Waals surface area contributed by atoms with E-state index >= 15 is 0 Å². The van der Waals surface area contributed by atoms with Gasteiger partial charge in [0.05, 0.1) is 12.2 Å². The van der Waals surface area contributed by atoms with Gasteiger partial charge < -0.3 is 19.3 Å². The van der Waals surface area contributed by atoms with Crippen molar-refractivity contribution in [2.45, 2.75) is 49.9 Å². The predicted octanol–water partition coefficient (Wildman–Crippen LogP) is 2.54. The Balaban J connectivity index is 0.000000339. The van der Waals surface area contributed by atoms with Crippen molar-refractivity contribution in [1.29, 1.82) is 0 Å². The summed E-state index contributed by atoms with van der Waals surface area (Å²) in [6.45, 7) is 5.59. The summed E-state index contributed by atoms with van der Waals surface area (Å²) in [6, 6.07) is 2.98. The molecule has 4 rings (SSSR count). The van der Waals surface area contributed by atoms with Crippen LogP contribution in [0.2, 0.25) is 0 Å². The molecule has 1 N–H and O–H groups in total. The van der Waals surface area contributed by atoms with Crippen LogP contribution >= 0.6 is 0 Å². The van der Waals surface area contributed by atoms with Gasteiger partial charge in [0.2, 0.25) is 0 Å². The fraction of sp³-hybridized carbons (Fsp3) is 0.750. The molecule has 1 unspecified atom stereocenters. The third-order valence-corrected chi connectivity index (χ3v) is 5.83. The minimum atomic E-state index is -5.08. The first kappa shape index (κ1) is 23.7. The number of carboxylic acid groups (broad SMARTS) is 1. The van der Waals surface area contributed by atoms with Crippen molar-refractivity contribution in [1.82, 2.24) is 14.9 Å². The number of rotatable bonds is 5. The number of alkyl halides is 3. The highest BCUT2D eigenvalue weighted by Gasteiger charge is 2.49. The molecule has 3 fully saturated rings. The number of carboxylic acids is 1. The zero-order chi connectivity index (χ0) is 22.3. The van der Waals surface area contributed by atoms with Crippen LogP contribution in [0.15, 0.2) is 18.5 Å². The van der Waals surface area contributed by atoms with Crippen LogP contribution < -0.4 is 4.74 Å². The number of carbonyl (C=O) groups is 1. The Bertz CT molecular complexity index is 695. The molecule has 174 valence electrons. The second-order valence-corrected chi connectivity index (χ2v) is 8.11. The van der Waals surface area contributed by atoms with E-state index in [0.717, 1.165) is 52.2 Å². The lowest BCUT2D eigenvalue weighted by molar-refractivity contribution is -0.195. The predicted molar refractivity (Wildman–Crippen MR) is 103 cm³/mol. The zero-order valence-electron chi connectivity index (χ0n) is 17.2. The van der Waals surface area contributed by atoms with Gasteiger partial charge in [0.15, 0.2) is 0 Å². The summed E-state index contributed by atoms with van der Waals surface area (Å²) in [4.78, 5) is 19.7. The lowest BCUT2D eigenvalue weighted by atomic mass is 9.78. The number of hydrogen-bond acceptors (Lipinski definition) is 7. The third-order valence-electron chi connectivity index (χ3n) is 5.83. The summed E-state index contributed by atoms with van der Waals surface area (Å²) in [5.74, 6) is -2.08. The third kappa shape index (κ3) is 7.01. The Morgan fingerprint density at radius 2 is 1.84 bits per heavy atom. The topological polar surface area (TPSA) is 94.0 Å². The van der Waals surface area contributed by atoms with Gasteiger partial charge in [-0.05, 0) is 44.1 Å². The van der Waals surface area contributed by atoms with Gasteiger partial charge in [-0.3, -0.25) is 4.90 Å². The Kier molecular flexibility index (Phi) is 8.06. The van der Waals surface area contributed by atoms with Crippen molar-refractivity contribution in [3.8, 4) is 6.01 Å². The molecule has 0 amide bonds. The highest BCUT2D eigenvalue weighted by Crippen LogP contribution is 2.40. The van der Waals surface area contributed by atoms with E-state index in [1.165, 1.54) is 12.8 Å². The van der Waals surface area contributed by atoms with Gasteiger partial charge in [0.1, 0.15) is 0 Å². The largest absolute Gasteiger partial charge is 0.490 e. The fourth-order valence-electron chi connectivity index (χ4n) is 4.28. The van der Waals surface area contributed by atoms with Crippen LogP contribution in [-0.4, -0.2) is 83.3 Å². The minimum absolute atomic E-state index is 0.102. The van der Waals surface area contributed by atoms with Crippen LogP contribution in [-0.2, 0) is 14.3 Å². The first-order valence-electron chi connectivity index (χ1n) is 10.4. The molecule has 0 aromatic carbocycles. The maximum absolute atomic E-state index is 10.6. The number of hydrogen-bond donors (Lipinski definition) is 1. The molecule has 0 saturated carbocycles. The quantitative estimate of drug-likeness (QED) is 0.736. The first-order chi connectivity index (χ1) is 14.8. The lowest BCUT2D eigenvalue weighted by Gasteiger charge is -2.56. The average Bonchev–Trinajstić information content (AvgIpc) is 2.73. The van der Waals surface area contributed by atoms with Gasteiger partial charge >= 0.3 is 18.2 Å². The average molecular weight is 447 g/mol. The molecule has 1 spiro atoms. The van der Waals surface area contributed by atoms with Gasteiger partial charge in [-0.2, -0.15) is 13.2 Å². The van der Waals surface area contributed by atoms with Crippen LogP contribution in [0.4, 0.5) is 13.2 Å². The number of aliphatic carboxylic acids is 1. The fourth-order valence-corrected chi connectivity index (χ4v) is 4.28. The molecular formula is C20H28F3N3O5. The highest BCUT2D eigenvalue weighted by atomic mass is 19.4. The van der Waals surface area contributed by atoms with E-state index in [-0.39, 0.29) is 5.60 Å². The minimum Gasteiger partial charge on any atom is -0.475 e. The van der Waals surface area contributed by atoms with Crippen molar-refractivity contribution in [3.05, 3.63) is 18.5 Å². The van der Waals surface area contributed by atoms with E-state index < -0.39 is 12.1 Å². The van der Waals surface area contributed by atoms with Crippen LogP contribution in [0, 0.1) is 5.92 Å². The van der Waals surface area contributed by atoms with Crippen molar-refractivity contribution >= 4 is 5.97 Å². The smallest absolute Gasteiger partial charge is 0.475 e. The molecule has 0 bridgehead atoms. The van der Waals surface area contributed by atoms with E-state index in [9.17, 15) is 13.2 Å². The molecule has 3 aliphatic rings. The Morgan fingerprint density at radius 1 is 1.19 bits per heavy atom. The van der Waals surface area contributed by atoms with Gasteiger partial charge in [0, 0.05) is 51.3 Å². The van der Waals surface area contributed by atoms with Gasteiger partial charge in [-0.15, -0.1) is 0 Å². The molecule has 8 nitrogen and oxygen atoms in total. The van der Waals surface area contributed by atoms with Crippen LogP contribution in [0.1, 0.15) is 32.1 Å². The summed E-state index contributed by atoms with van der Waals surface area (Å²) in [5, 5.41) is 7.12. The second-order valence-electron chi connectivity index (χ2n) is 8.11. The number of halogens is 3. The van der Waals surface area contributed by atoms with Crippen molar-refractivity contribution < 1.29 is 37.3 Å². The van der Waals surface area contributed by atoms with E-state index in [0.29, 0.717) is 24.6 Å². The van der Waals surface area contributed by atoms with Crippen LogP contribution in [0.5, 0.6) is 6.01 Å². The van der Waals surface area contributed by atoms with Gasteiger partial charge in [0.25, 0.3) is 0 Å². The highest BCUT2D eigenvalue weighted by molar-refractivity contribution is 5.73. The van der Waals surface area contributed by atoms with E-state index in [4.69, 9.17) is 24.1 Å². The maximum atomic E-state index is 10.6. The second kappa shape index (κ2) is 10.6. The molecular weight excluding hydrogens is 419 g/mol. The lowest BCUT2D eigenvalue weighted by Crippen LogP contribution is -2.68. The van der Waals surface area contributed by atoms with Crippen LogP contribution in [0.25, 0.3) is 0 Å². The molecule has 1 aromatic rings. The number of nitrogens with zero attached hydrogens (tertiary/aromatic N) is 3. The Hall–Kier alpha value is -1.98. The Labute approximate surface area is 178 Å². The van der Waals surface area contributed by atoms with Gasteiger partial charge in [-0.25, -0.2) is 14.8 Å². The molecule has 1 atom stereocenters. The molecule has 4 heterocycles. The van der Waals surface area contributed by atoms with Crippen molar-refractivity contribution in [2.24, 2.45) is 5.92 Å². The normalized spacial score (nSPS) is 24.0. The van der Waals surface area contributed by atoms with Crippen molar-refractivity contribution in [2.75, 3.05) is 39.5 Å². The summed E-state index contributed by atoms with van der Waals surface area (Å²) >= 11 is 0. The van der Waals surface area contributed by atoms with Crippen molar-refractivity contribution in [3.63, 3.8) is 0 Å². The summed E-state index contributed by atoms with van der Waals surface area (Å²) in [7, 11) is 0. The van der Waals surface area contributed by atoms with Crippen LogP contribution in [0.3, 0.4) is 0 Å². The SMILES string of the molecule is O=C(O)C(F)(F)F.c1cnc(OCCC2CCOC3(C2)CN(C2CCOCC2)C3)nc1. The molecule has 0 aliphatic carbocycles. The van der Waals surface area contributed by atoms with E-state index in [1.54, 1.807) is 18.5 Å². The summed E-state index contributed by atoms with van der Waals surface area (Å²) in [5.41, 5.74) is 0.102. The first-order valence-corrected chi connectivity index (χ1v) is 10.4.